The average Bonchev–Trinajstić information content (AvgIpc) is 3.05. The lowest BCUT2D eigenvalue weighted by Crippen LogP contribution is -2.47. The van der Waals surface area contributed by atoms with Gasteiger partial charge < -0.3 is 15.4 Å². The summed E-state index contributed by atoms with van der Waals surface area (Å²) in [6.07, 6.45) is -1.19. The van der Waals surface area contributed by atoms with E-state index in [9.17, 15) is 19.2 Å². The highest BCUT2D eigenvalue weighted by Crippen LogP contribution is 2.15. The summed E-state index contributed by atoms with van der Waals surface area (Å²) in [4.78, 5) is 51.2. The van der Waals surface area contributed by atoms with Gasteiger partial charge in [-0.3, -0.25) is 19.1 Å². The number of nitrogens with zero attached hydrogens (tertiary/aromatic N) is 2. The lowest BCUT2D eigenvalue weighted by atomic mass is 10.0. The fourth-order valence-corrected chi connectivity index (χ4v) is 3.55. The summed E-state index contributed by atoms with van der Waals surface area (Å²) in [7, 11) is 1.71. The highest BCUT2D eigenvalue weighted by atomic mass is 16.5. The predicted molar refractivity (Wildman–Crippen MR) is 132 cm³/mol. The van der Waals surface area contributed by atoms with E-state index in [1.54, 1.807) is 75.0 Å². The molecule has 9 nitrogen and oxygen atoms in total. The van der Waals surface area contributed by atoms with Crippen LogP contribution in [0.4, 0.5) is 5.69 Å². The van der Waals surface area contributed by atoms with E-state index in [2.05, 4.69) is 10.6 Å². The number of carbonyl (C=O) groups is 3. The van der Waals surface area contributed by atoms with Crippen LogP contribution in [0.15, 0.2) is 65.5 Å². The molecule has 1 aromatic heterocycles. The van der Waals surface area contributed by atoms with E-state index in [1.165, 1.54) is 11.6 Å². The Morgan fingerprint density at radius 3 is 2.06 bits per heavy atom. The van der Waals surface area contributed by atoms with Crippen LogP contribution < -0.4 is 16.2 Å². The second kappa shape index (κ2) is 10.9. The number of esters is 1. The summed E-state index contributed by atoms with van der Waals surface area (Å²) in [5.41, 5.74) is 1.30. The van der Waals surface area contributed by atoms with Crippen LogP contribution in [-0.4, -0.2) is 39.3 Å². The van der Waals surface area contributed by atoms with Gasteiger partial charge in [-0.2, -0.15) is 0 Å². The zero-order valence-electron chi connectivity index (χ0n) is 20.4. The normalized spacial score (nSPS) is 12.6. The SMILES string of the molecule is Cc1c(NC(=O)[C@@H](C)OC(=O)[C@H](NC(=O)c2ccccc2)C(C)C)c(=O)n(-c2ccccc2)n1C. The third-order valence-corrected chi connectivity index (χ3v) is 5.71. The zero-order valence-corrected chi connectivity index (χ0v) is 20.4. The molecule has 35 heavy (non-hydrogen) atoms. The van der Waals surface area contributed by atoms with Crippen molar-refractivity contribution in [1.29, 1.82) is 0 Å². The molecule has 0 fully saturated rings. The molecule has 9 heteroatoms. The van der Waals surface area contributed by atoms with Crippen molar-refractivity contribution in [1.82, 2.24) is 14.7 Å². The van der Waals surface area contributed by atoms with Gasteiger partial charge in [-0.05, 0) is 44.0 Å². The Morgan fingerprint density at radius 2 is 1.49 bits per heavy atom. The topological polar surface area (TPSA) is 111 Å². The Labute approximate surface area is 203 Å². The second-order valence-electron chi connectivity index (χ2n) is 8.57. The first-order valence-electron chi connectivity index (χ1n) is 11.3. The number of nitrogens with one attached hydrogen (secondary N) is 2. The van der Waals surface area contributed by atoms with Gasteiger partial charge in [0, 0.05) is 12.6 Å². The van der Waals surface area contributed by atoms with Crippen LogP contribution in [0.5, 0.6) is 0 Å². The summed E-state index contributed by atoms with van der Waals surface area (Å²) < 4.78 is 8.44. The van der Waals surface area contributed by atoms with Crippen LogP contribution in [0.2, 0.25) is 0 Å². The van der Waals surface area contributed by atoms with Crippen LogP contribution in [0.25, 0.3) is 5.69 Å². The Bertz CT molecular complexity index is 1260. The van der Waals surface area contributed by atoms with Crippen molar-refractivity contribution in [3.05, 3.63) is 82.3 Å². The lowest BCUT2D eigenvalue weighted by molar-refractivity contribution is -0.156. The van der Waals surface area contributed by atoms with E-state index in [4.69, 9.17) is 4.74 Å². The maximum absolute atomic E-state index is 13.0. The summed E-state index contributed by atoms with van der Waals surface area (Å²) >= 11 is 0. The Hall–Kier alpha value is -4.14. The zero-order chi connectivity index (χ0) is 25.7. The number of hydrogen-bond donors (Lipinski definition) is 2. The van der Waals surface area contributed by atoms with Crippen LogP contribution in [0, 0.1) is 12.8 Å². The fourth-order valence-electron chi connectivity index (χ4n) is 3.55. The molecule has 1 heterocycles. The first-order chi connectivity index (χ1) is 16.6. The van der Waals surface area contributed by atoms with Gasteiger partial charge in [0.05, 0.1) is 11.4 Å². The van der Waals surface area contributed by atoms with E-state index in [-0.39, 0.29) is 11.6 Å². The van der Waals surface area contributed by atoms with Crippen LogP contribution in [0.1, 0.15) is 36.8 Å². The molecule has 0 spiro atoms. The summed E-state index contributed by atoms with van der Waals surface area (Å²) in [6.45, 7) is 6.65. The van der Waals surface area contributed by atoms with Gasteiger partial charge >= 0.3 is 5.97 Å². The molecule has 0 aliphatic carbocycles. The van der Waals surface area contributed by atoms with Crippen LogP contribution in [0.3, 0.4) is 0 Å². The largest absolute Gasteiger partial charge is 0.451 e. The molecule has 0 radical (unpaired) electrons. The maximum atomic E-state index is 13.0. The van der Waals surface area contributed by atoms with Gasteiger partial charge in [0.2, 0.25) is 0 Å². The van der Waals surface area contributed by atoms with Gasteiger partial charge in [0.25, 0.3) is 17.4 Å². The van der Waals surface area contributed by atoms with E-state index >= 15 is 0 Å². The monoisotopic (exact) mass is 478 g/mol. The Morgan fingerprint density at radius 1 is 0.914 bits per heavy atom. The van der Waals surface area contributed by atoms with Crippen LogP contribution in [-0.2, 0) is 21.4 Å². The summed E-state index contributed by atoms with van der Waals surface area (Å²) in [5, 5.41) is 5.26. The number of amides is 2. The average molecular weight is 479 g/mol. The molecule has 2 atom stereocenters. The summed E-state index contributed by atoms with van der Waals surface area (Å²) in [6, 6.07) is 16.6. The van der Waals surface area contributed by atoms with Gasteiger partial charge in [0.15, 0.2) is 6.10 Å². The molecule has 0 aliphatic rings. The van der Waals surface area contributed by atoms with Crippen molar-refractivity contribution in [2.24, 2.45) is 13.0 Å². The third kappa shape index (κ3) is 5.68. The molecule has 2 aromatic carbocycles. The number of anilines is 1. The van der Waals surface area contributed by atoms with Gasteiger partial charge in [-0.15, -0.1) is 0 Å². The minimum atomic E-state index is -1.19. The quantitative estimate of drug-likeness (QED) is 0.484. The second-order valence-corrected chi connectivity index (χ2v) is 8.57. The number of para-hydroxylation sites is 1. The third-order valence-electron chi connectivity index (χ3n) is 5.71. The van der Waals surface area contributed by atoms with E-state index < -0.39 is 35.5 Å². The van der Waals surface area contributed by atoms with Crippen molar-refractivity contribution in [3.63, 3.8) is 0 Å². The molecule has 3 rings (SSSR count). The molecule has 0 aliphatic heterocycles. The number of rotatable bonds is 8. The molecule has 2 N–H and O–H groups in total. The van der Waals surface area contributed by atoms with Crippen molar-refractivity contribution in [3.8, 4) is 5.69 Å². The van der Waals surface area contributed by atoms with E-state index in [1.807, 2.05) is 18.2 Å². The molecule has 3 aromatic rings. The first kappa shape index (κ1) is 25.5. The minimum Gasteiger partial charge on any atom is -0.451 e. The van der Waals surface area contributed by atoms with Crippen molar-refractivity contribution in [2.75, 3.05) is 5.32 Å². The smallest absolute Gasteiger partial charge is 0.329 e. The number of benzene rings is 2. The number of aromatic nitrogens is 2. The number of ether oxygens (including phenoxy) is 1. The first-order valence-corrected chi connectivity index (χ1v) is 11.3. The Kier molecular flexibility index (Phi) is 7.91. The maximum Gasteiger partial charge on any atom is 0.329 e. The molecule has 0 bridgehead atoms. The number of carbonyl (C=O) groups excluding carboxylic acids is 3. The molecule has 0 unspecified atom stereocenters. The molecular formula is C26H30N4O5. The van der Waals surface area contributed by atoms with Crippen molar-refractivity contribution < 1.29 is 19.1 Å². The fraction of sp³-hybridized carbons (Fsp3) is 0.308. The molecular weight excluding hydrogens is 448 g/mol. The lowest BCUT2D eigenvalue weighted by Gasteiger charge is -2.23. The molecule has 184 valence electrons. The van der Waals surface area contributed by atoms with E-state index in [0.717, 1.165) is 0 Å². The van der Waals surface area contributed by atoms with E-state index in [0.29, 0.717) is 16.9 Å². The number of hydrogen-bond acceptors (Lipinski definition) is 5. The molecule has 0 saturated carbocycles. The van der Waals surface area contributed by atoms with Gasteiger partial charge in [-0.1, -0.05) is 50.2 Å². The van der Waals surface area contributed by atoms with Crippen LogP contribution >= 0.6 is 0 Å². The molecule has 2 amide bonds. The Balaban J connectivity index is 1.71. The molecule has 0 saturated heterocycles. The van der Waals surface area contributed by atoms with Crippen molar-refractivity contribution >= 4 is 23.5 Å². The van der Waals surface area contributed by atoms with Gasteiger partial charge in [-0.25, -0.2) is 9.48 Å². The highest BCUT2D eigenvalue weighted by molar-refractivity contribution is 5.98. The minimum absolute atomic E-state index is 0.0991. The van der Waals surface area contributed by atoms with Crippen molar-refractivity contribution in [2.45, 2.75) is 39.8 Å². The predicted octanol–water partition coefficient (Wildman–Crippen LogP) is 2.81. The highest BCUT2D eigenvalue weighted by Gasteiger charge is 2.30. The summed E-state index contributed by atoms with van der Waals surface area (Å²) in [5.74, 6) is -2.08. The van der Waals surface area contributed by atoms with Gasteiger partial charge in [0.1, 0.15) is 11.7 Å². The standard InChI is InChI=1S/C26H30N4O5/c1-16(2)21(27-24(32)19-12-8-6-9-13-19)26(34)35-18(4)23(31)28-22-17(3)29(5)30(25(22)33)20-14-10-7-11-15-20/h6-16,18,21H,1-5H3,(H,27,32)(H,28,31)/t18-,21-/m1/s1.